The summed E-state index contributed by atoms with van der Waals surface area (Å²) in [5.41, 5.74) is 0.429. The molecule has 1 aromatic carbocycles. The molecular weight excluding hydrogens is 230 g/mol. The maximum Gasteiger partial charge on any atom is 0.164 e. The van der Waals surface area contributed by atoms with Gasteiger partial charge in [0.15, 0.2) is 5.78 Å². The molecule has 70 valence electrons. The first kappa shape index (κ1) is 10.8. The van der Waals surface area contributed by atoms with Crippen molar-refractivity contribution in [3.63, 3.8) is 0 Å². The van der Waals surface area contributed by atoms with E-state index in [0.29, 0.717) is 27.1 Å². The van der Waals surface area contributed by atoms with Gasteiger partial charge in [-0.25, -0.2) is 0 Å². The minimum Gasteiger partial charge on any atom is -0.294 e. The highest BCUT2D eigenvalue weighted by Gasteiger charge is 2.11. The summed E-state index contributed by atoms with van der Waals surface area (Å²) in [5.74, 6) is -0.0384. The van der Waals surface area contributed by atoms with Gasteiger partial charge in [0.05, 0.1) is 15.1 Å². The molecule has 13 heavy (non-hydrogen) atoms. The quantitative estimate of drug-likeness (QED) is 0.555. The summed E-state index contributed by atoms with van der Waals surface area (Å²) in [6, 6.07) is 2.98. The fourth-order valence-electron chi connectivity index (χ4n) is 0.927. The zero-order valence-electron chi connectivity index (χ0n) is 6.90. The lowest BCUT2D eigenvalue weighted by molar-refractivity contribution is 0.0988. The Kier molecular flexibility index (Phi) is 3.60. The number of rotatable bonds is 2. The normalized spacial score (nSPS) is 10.2. The van der Waals surface area contributed by atoms with Crippen molar-refractivity contribution in [3.8, 4) is 0 Å². The van der Waals surface area contributed by atoms with Crippen LogP contribution in [0.2, 0.25) is 15.1 Å². The van der Waals surface area contributed by atoms with Gasteiger partial charge in [-0.05, 0) is 12.1 Å². The van der Waals surface area contributed by atoms with Gasteiger partial charge in [-0.2, -0.15) is 0 Å². The van der Waals surface area contributed by atoms with E-state index in [0.717, 1.165) is 0 Å². The molecule has 0 unspecified atom stereocenters. The number of Topliss-reactive ketones (excluding diaryl/α,β-unsaturated/α-hetero) is 1. The van der Waals surface area contributed by atoms with Gasteiger partial charge in [-0.1, -0.05) is 41.7 Å². The van der Waals surface area contributed by atoms with Crippen molar-refractivity contribution in [2.24, 2.45) is 0 Å². The highest BCUT2D eigenvalue weighted by atomic mass is 35.5. The first-order valence-corrected chi connectivity index (χ1v) is 4.87. The number of halogens is 3. The lowest BCUT2D eigenvalue weighted by Gasteiger charge is -2.03. The van der Waals surface area contributed by atoms with Crippen molar-refractivity contribution in [2.75, 3.05) is 0 Å². The number of hydrogen-bond donors (Lipinski definition) is 0. The predicted octanol–water partition coefficient (Wildman–Crippen LogP) is 4.24. The Morgan fingerprint density at radius 2 is 1.69 bits per heavy atom. The average molecular weight is 238 g/mol. The fraction of sp³-hybridized carbons (Fsp3) is 0.222. The Labute approximate surface area is 91.6 Å². The molecule has 0 atom stereocenters. The van der Waals surface area contributed by atoms with E-state index in [2.05, 4.69) is 0 Å². The van der Waals surface area contributed by atoms with E-state index in [1.165, 1.54) is 12.1 Å². The molecule has 0 aliphatic rings. The second-order valence-corrected chi connectivity index (χ2v) is 3.74. The highest BCUT2D eigenvalue weighted by molar-refractivity contribution is 6.44. The van der Waals surface area contributed by atoms with E-state index >= 15 is 0 Å². The van der Waals surface area contributed by atoms with Crippen molar-refractivity contribution >= 4 is 40.6 Å². The molecule has 0 heterocycles. The van der Waals surface area contributed by atoms with E-state index in [-0.39, 0.29) is 5.78 Å². The predicted molar refractivity (Wildman–Crippen MR) is 56.1 cm³/mol. The van der Waals surface area contributed by atoms with Crippen LogP contribution in [0.25, 0.3) is 0 Å². The Balaban J connectivity index is 3.23. The molecular formula is C9H7Cl3O. The molecule has 0 amide bonds. The minimum atomic E-state index is -0.0384. The van der Waals surface area contributed by atoms with Crippen molar-refractivity contribution < 1.29 is 4.79 Å². The number of carbonyl (C=O) groups is 1. The Bertz CT molecular complexity index is 347. The summed E-state index contributed by atoms with van der Waals surface area (Å²) in [7, 11) is 0. The van der Waals surface area contributed by atoms with Crippen LogP contribution in [0.3, 0.4) is 0 Å². The summed E-state index contributed by atoms with van der Waals surface area (Å²) in [6.07, 6.45) is 0.400. The van der Waals surface area contributed by atoms with Crippen LogP contribution >= 0.6 is 34.8 Å². The van der Waals surface area contributed by atoms with E-state index in [9.17, 15) is 4.79 Å². The zero-order valence-corrected chi connectivity index (χ0v) is 9.17. The molecule has 0 N–H and O–H groups in total. The van der Waals surface area contributed by atoms with Gasteiger partial charge < -0.3 is 0 Å². The van der Waals surface area contributed by atoms with Gasteiger partial charge in [0.25, 0.3) is 0 Å². The molecule has 4 heteroatoms. The third kappa shape index (κ3) is 2.37. The molecule has 0 aliphatic heterocycles. The van der Waals surface area contributed by atoms with E-state index in [1.54, 1.807) is 6.92 Å². The van der Waals surface area contributed by atoms with E-state index in [1.807, 2.05) is 0 Å². The molecule has 0 aromatic heterocycles. The Morgan fingerprint density at radius 1 is 1.15 bits per heavy atom. The van der Waals surface area contributed by atoms with Crippen molar-refractivity contribution in [2.45, 2.75) is 13.3 Å². The molecule has 0 saturated heterocycles. The second kappa shape index (κ2) is 4.32. The third-order valence-electron chi connectivity index (χ3n) is 1.63. The van der Waals surface area contributed by atoms with E-state index in [4.69, 9.17) is 34.8 Å². The molecule has 1 nitrogen and oxygen atoms in total. The number of ketones is 1. The molecule has 0 spiro atoms. The lowest BCUT2D eigenvalue weighted by Crippen LogP contribution is -1.97. The zero-order chi connectivity index (χ0) is 10.0. The van der Waals surface area contributed by atoms with Crippen LogP contribution in [0.4, 0.5) is 0 Å². The van der Waals surface area contributed by atoms with E-state index < -0.39 is 0 Å². The highest BCUT2D eigenvalue weighted by Crippen LogP contribution is 2.29. The van der Waals surface area contributed by atoms with Gasteiger partial charge in [0, 0.05) is 12.0 Å². The van der Waals surface area contributed by atoms with Crippen LogP contribution in [0.5, 0.6) is 0 Å². The van der Waals surface area contributed by atoms with Crippen LogP contribution in [-0.4, -0.2) is 5.78 Å². The summed E-state index contributed by atoms with van der Waals surface area (Å²) >= 11 is 17.3. The molecule has 0 fully saturated rings. The van der Waals surface area contributed by atoms with Crippen LogP contribution in [0.15, 0.2) is 12.1 Å². The van der Waals surface area contributed by atoms with Crippen LogP contribution < -0.4 is 0 Å². The number of benzene rings is 1. The second-order valence-electron chi connectivity index (χ2n) is 2.52. The number of hydrogen-bond acceptors (Lipinski definition) is 1. The van der Waals surface area contributed by atoms with Crippen LogP contribution in [-0.2, 0) is 0 Å². The largest absolute Gasteiger partial charge is 0.294 e. The van der Waals surface area contributed by atoms with Crippen molar-refractivity contribution in [1.82, 2.24) is 0 Å². The molecule has 0 radical (unpaired) electrons. The average Bonchev–Trinajstić information content (AvgIpc) is 2.10. The van der Waals surface area contributed by atoms with Crippen LogP contribution in [0, 0.1) is 0 Å². The smallest absolute Gasteiger partial charge is 0.164 e. The SMILES string of the molecule is CCC(=O)c1cc(Cl)c(Cl)cc1Cl. The fourth-order valence-corrected chi connectivity index (χ4v) is 1.58. The first-order chi connectivity index (χ1) is 6.06. The topological polar surface area (TPSA) is 17.1 Å². The molecule has 0 saturated carbocycles. The Hall–Kier alpha value is -0.240. The molecule has 1 aromatic rings. The summed E-state index contributed by atoms with van der Waals surface area (Å²) in [4.78, 5) is 11.3. The maximum atomic E-state index is 11.3. The Morgan fingerprint density at radius 3 is 2.23 bits per heavy atom. The monoisotopic (exact) mass is 236 g/mol. The third-order valence-corrected chi connectivity index (χ3v) is 2.67. The summed E-state index contributed by atoms with van der Waals surface area (Å²) in [6.45, 7) is 1.77. The van der Waals surface area contributed by atoms with Gasteiger partial charge >= 0.3 is 0 Å². The molecule has 0 bridgehead atoms. The standard InChI is InChI=1S/C9H7Cl3O/c1-2-9(13)5-3-7(11)8(12)4-6(5)10/h3-4H,2H2,1H3. The van der Waals surface area contributed by atoms with Gasteiger partial charge in [-0.15, -0.1) is 0 Å². The van der Waals surface area contributed by atoms with Crippen LogP contribution in [0.1, 0.15) is 23.7 Å². The van der Waals surface area contributed by atoms with Crippen molar-refractivity contribution in [3.05, 3.63) is 32.8 Å². The molecule has 0 aliphatic carbocycles. The maximum absolute atomic E-state index is 11.3. The van der Waals surface area contributed by atoms with Crippen molar-refractivity contribution in [1.29, 1.82) is 0 Å². The summed E-state index contributed by atoms with van der Waals surface area (Å²) < 4.78 is 0. The van der Waals surface area contributed by atoms with Gasteiger partial charge in [-0.3, -0.25) is 4.79 Å². The van der Waals surface area contributed by atoms with Gasteiger partial charge in [0.2, 0.25) is 0 Å². The molecule has 1 rings (SSSR count). The van der Waals surface area contributed by atoms with Gasteiger partial charge in [0.1, 0.15) is 0 Å². The lowest BCUT2D eigenvalue weighted by atomic mass is 10.1. The minimum absolute atomic E-state index is 0.0384. The summed E-state index contributed by atoms with van der Waals surface area (Å²) in [5, 5.41) is 1.06. The number of carbonyl (C=O) groups excluding carboxylic acids is 1. The first-order valence-electron chi connectivity index (χ1n) is 3.74.